The van der Waals surface area contributed by atoms with Crippen LogP contribution in [-0.4, -0.2) is 52.7 Å². The van der Waals surface area contributed by atoms with Crippen LogP contribution in [0.15, 0.2) is 36.9 Å². The molecule has 1 saturated heterocycles. The third-order valence-corrected chi connectivity index (χ3v) is 5.77. The second kappa shape index (κ2) is 6.24. The summed E-state index contributed by atoms with van der Waals surface area (Å²) in [5.74, 6) is 0.426. The van der Waals surface area contributed by atoms with Gasteiger partial charge in [-0.2, -0.15) is 0 Å². The quantitative estimate of drug-likeness (QED) is 0.914. The van der Waals surface area contributed by atoms with E-state index in [9.17, 15) is 5.11 Å². The van der Waals surface area contributed by atoms with Gasteiger partial charge in [-0.3, -0.25) is 0 Å². The molecule has 25 heavy (non-hydrogen) atoms. The standard InChI is InChI=1S/C19H23ClN4O/c1-19(25,13-8-21-12-22-9-13)11-24-17-4-3-14(20)7-15(17)16-10-23(2)6-5-18(16)24/h3-4,7-9,12,16,18,25H,5-6,10-11H2,1-2H3/t16?,18?,19-/m1/s1. The van der Waals surface area contributed by atoms with Crippen molar-refractivity contribution in [2.24, 2.45) is 0 Å². The average molecular weight is 359 g/mol. The van der Waals surface area contributed by atoms with Crippen molar-refractivity contribution in [2.45, 2.75) is 30.9 Å². The van der Waals surface area contributed by atoms with E-state index in [1.807, 2.05) is 13.0 Å². The zero-order valence-electron chi connectivity index (χ0n) is 14.6. The molecule has 2 unspecified atom stereocenters. The first-order valence-electron chi connectivity index (χ1n) is 8.68. The lowest BCUT2D eigenvalue weighted by Crippen LogP contribution is -2.49. The largest absolute Gasteiger partial charge is 0.383 e. The predicted octanol–water partition coefficient (Wildman–Crippen LogP) is 2.65. The van der Waals surface area contributed by atoms with Crippen molar-refractivity contribution in [2.75, 3.05) is 31.6 Å². The normalized spacial score (nSPS) is 25.4. The summed E-state index contributed by atoms with van der Waals surface area (Å²) in [6.07, 6.45) is 5.95. The lowest BCUT2D eigenvalue weighted by atomic mass is 9.89. The van der Waals surface area contributed by atoms with Gasteiger partial charge in [0.25, 0.3) is 0 Å². The molecular weight excluding hydrogens is 336 g/mol. The molecule has 0 amide bonds. The summed E-state index contributed by atoms with van der Waals surface area (Å²) in [5, 5.41) is 11.9. The highest BCUT2D eigenvalue weighted by Gasteiger charge is 2.43. The molecule has 6 heteroatoms. The third kappa shape index (κ3) is 3.01. The minimum Gasteiger partial charge on any atom is -0.383 e. The molecule has 2 aromatic rings. The van der Waals surface area contributed by atoms with Crippen molar-refractivity contribution in [3.63, 3.8) is 0 Å². The number of benzene rings is 1. The van der Waals surface area contributed by atoms with Crippen molar-refractivity contribution in [3.05, 3.63) is 53.1 Å². The Morgan fingerprint density at radius 1 is 1.32 bits per heavy atom. The molecule has 3 heterocycles. The van der Waals surface area contributed by atoms with E-state index in [1.54, 1.807) is 12.4 Å². The van der Waals surface area contributed by atoms with Crippen LogP contribution in [0.1, 0.15) is 30.4 Å². The molecule has 0 saturated carbocycles. The second-order valence-corrected chi connectivity index (χ2v) is 7.89. The van der Waals surface area contributed by atoms with Gasteiger partial charge in [0.2, 0.25) is 0 Å². The first-order chi connectivity index (χ1) is 12.0. The van der Waals surface area contributed by atoms with Gasteiger partial charge in [0.1, 0.15) is 11.9 Å². The molecule has 0 radical (unpaired) electrons. The molecule has 1 aromatic carbocycles. The van der Waals surface area contributed by atoms with Crippen molar-refractivity contribution in [1.82, 2.24) is 14.9 Å². The number of rotatable bonds is 3. The Kier molecular flexibility index (Phi) is 4.18. The summed E-state index contributed by atoms with van der Waals surface area (Å²) in [5.41, 5.74) is 2.20. The van der Waals surface area contributed by atoms with Crippen LogP contribution in [0.2, 0.25) is 5.02 Å². The van der Waals surface area contributed by atoms with Crippen LogP contribution < -0.4 is 4.90 Å². The molecular formula is C19H23ClN4O. The fourth-order valence-electron chi connectivity index (χ4n) is 4.25. The Morgan fingerprint density at radius 2 is 2.08 bits per heavy atom. The number of piperidine rings is 1. The highest BCUT2D eigenvalue weighted by Crippen LogP contribution is 2.46. The van der Waals surface area contributed by atoms with Crippen molar-refractivity contribution in [1.29, 1.82) is 0 Å². The topological polar surface area (TPSA) is 52.5 Å². The number of nitrogens with zero attached hydrogens (tertiary/aromatic N) is 4. The number of likely N-dealkylation sites (N-methyl/N-ethyl adjacent to an activating group) is 1. The monoisotopic (exact) mass is 358 g/mol. The highest BCUT2D eigenvalue weighted by molar-refractivity contribution is 6.30. The number of halogens is 1. The zero-order valence-corrected chi connectivity index (χ0v) is 15.3. The Hall–Kier alpha value is -1.69. The second-order valence-electron chi connectivity index (χ2n) is 7.46. The van der Waals surface area contributed by atoms with E-state index in [0.717, 1.165) is 30.1 Å². The van der Waals surface area contributed by atoms with Gasteiger partial charge >= 0.3 is 0 Å². The minimum absolute atomic E-state index is 0.390. The van der Waals surface area contributed by atoms with E-state index in [2.05, 4.69) is 38.9 Å². The average Bonchev–Trinajstić information content (AvgIpc) is 2.88. The summed E-state index contributed by atoms with van der Waals surface area (Å²) < 4.78 is 0. The fourth-order valence-corrected chi connectivity index (χ4v) is 4.43. The molecule has 2 aliphatic heterocycles. The smallest absolute Gasteiger partial charge is 0.115 e. The van der Waals surface area contributed by atoms with Gasteiger partial charge in [-0.15, -0.1) is 0 Å². The summed E-state index contributed by atoms with van der Waals surface area (Å²) in [6.45, 7) is 4.44. The van der Waals surface area contributed by atoms with Crippen LogP contribution >= 0.6 is 11.6 Å². The maximum atomic E-state index is 11.1. The number of hydrogen-bond donors (Lipinski definition) is 1. The SMILES string of the molecule is CN1CCC2C(C1)c1cc(Cl)ccc1N2C[C@@](C)(O)c1cncnc1. The molecule has 4 rings (SSSR count). The molecule has 0 bridgehead atoms. The van der Waals surface area contributed by atoms with Gasteiger partial charge in [0, 0.05) is 47.2 Å². The number of anilines is 1. The number of aromatic nitrogens is 2. The van der Waals surface area contributed by atoms with Crippen LogP contribution in [0.3, 0.4) is 0 Å². The van der Waals surface area contributed by atoms with Crippen molar-refractivity contribution >= 4 is 17.3 Å². The van der Waals surface area contributed by atoms with Gasteiger partial charge in [-0.1, -0.05) is 11.6 Å². The van der Waals surface area contributed by atoms with E-state index < -0.39 is 5.60 Å². The molecule has 2 aliphatic rings. The lowest BCUT2D eigenvalue weighted by molar-refractivity contribution is 0.0600. The van der Waals surface area contributed by atoms with Crippen LogP contribution in [0.4, 0.5) is 5.69 Å². The molecule has 1 aromatic heterocycles. The van der Waals surface area contributed by atoms with Gasteiger partial charge in [-0.05, 0) is 50.7 Å². The predicted molar refractivity (Wildman–Crippen MR) is 99.0 cm³/mol. The molecule has 3 atom stereocenters. The number of aliphatic hydroxyl groups is 1. The first kappa shape index (κ1) is 16.8. The zero-order chi connectivity index (χ0) is 17.6. The van der Waals surface area contributed by atoms with E-state index in [1.165, 1.54) is 17.6 Å². The fraction of sp³-hybridized carbons (Fsp3) is 0.474. The van der Waals surface area contributed by atoms with E-state index >= 15 is 0 Å². The van der Waals surface area contributed by atoms with Crippen molar-refractivity contribution in [3.8, 4) is 0 Å². The summed E-state index contributed by atoms with van der Waals surface area (Å²) in [6, 6.07) is 6.51. The van der Waals surface area contributed by atoms with Gasteiger partial charge in [0.05, 0.1) is 6.54 Å². The molecule has 1 fully saturated rings. The summed E-state index contributed by atoms with van der Waals surface area (Å²) >= 11 is 6.27. The molecule has 0 aliphatic carbocycles. The highest BCUT2D eigenvalue weighted by atomic mass is 35.5. The van der Waals surface area contributed by atoms with Gasteiger partial charge < -0.3 is 14.9 Å². The van der Waals surface area contributed by atoms with Crippen molar-refractivity contribution < 1.29 is 5.11 Å². The van der Waals surface area contributed by atoms with E-state index in [4.69, 9.17) is 11.6 Å². The Labute approximate surface area is 153 Å². The Balaban J connectivity index is 1.69. The Bertz CT molecular complexity index is 767. The number of likely N-dealkylation sites (tertiary alicyclic amines) is 1. The molecule has 0 spiro atoms. The van der Waals surface area contributed by atoms with Gasteiger partial charge in [-0.25, -0.2) is 9.97 Å². The Morgan fingerprint density at radius 3 is 2.84 bits per heavy atom. The number of hydrogen-bond acceptors (Lipinski definition) is 5. The molecule has 5 nitrogen and oxygen atoms in total. The van der Waals surface area contributed by atoms with Crippen LogP contribution in [0, 0.1) is 0 Å². The van der Waals surface area contributed by atoms with Crippen LogP contribution in [0.25, 0.3) is 0 Å². The lowest BCUT2D eigenvalue weighted by Gasteiger charge is -2.40. The maximum absolute atomic E-state index is 11.1. The van der Waals surface area contributed by atoms with E-state index in [0.29, 0.717) is 18.5 Å². The third-order valence-electron chi connectivity index (χ3n) is 5.54. The van der Waals surface area contributed by atoms with Gasteiger partial charge in [0.15, 0.2) is 0 Å². The summed E-state index contributed by atoms with van der Waals surface area (Å²) in [7, 11) is 2.17. The number of β-amino-alcohol motifs (C(OH)–C–C–N with tert-alkyl or cyclic N) is 1. The maximum Gasteiger partial charge on any atom is 0.115 e. The minimum atomic E-state index is -1.02. The number of fused-ring (bicyclic) bond motifs is 3. The molecule has 132 valence electrons. The van der Waals surface area contributed by atoms with E-state index in [-0.39, 0.29) is 0 Å². The first-order valence-corrected chi connectivity index (χ1v) is 9.06. The van der Waals surface area contributed by atoms with Crippen LogP contribution in [0.5, 0.6) is 0 Å². The molecule has 1 N–H and O–H groups in total. The summed E-state index contributed by atoms with van der Waals surface area (Å²) in [4.78, 5) is 12.8. The van der Waals surface area contributed by atoms with Crippen LogP contribution in [-0.2, 0) is 5.60 Å².